The first kappa shape index (κ1) is 7.98. The molecule has 0 aromatic carbocycles. The smallest absolute Gasteiger partial charge is 0.0456 e. The van der Waals surface area contributed by atoms with Gasteiger partial charge in [0.15, 0.2) is 0 Å². The zero-order valence-corrected chi connectivity index (χ0v) is 6.61. The van der Waals surface area contributed by atoms with Crippen LogP contribution < -0.4 is 16.0 Å². The van der Waals surface area contributed by atoms with Gasteiger partial charge in [-0.3, -0.25) is 0 Å². The predicted octanol–water partition coefficient (Wildman–Crippen LogP) is -0.495. The molecule has 1 aliphatic heterocycles. The fraction of sp³-hybridized carbons (Fsp3) is 1.00. The lowest BCUT2D eigenvalue weighted by Gasteiger charge is -2.23. The average Bonchev–Trinajstić information content (AvgIpc) is 2.03. The van der Waals surface area contributed by atoms with Gasteiger partial charge in [-0.25, -0.2) is 0 Å². The Labute approximate surface area is 62.6 Å². The molecule has 0 aromatic heterocycles. The Hall–Kier alpha value is -0.120. The molecule has 0 saturated carbocycles. The van der Waals surface area contributed by atoms with Gasteiger partial charge in [-0.2, -0.15) is 0 Å². The highest BCUT2D eigenvalue weighted by atomic mass is 15.1. The van der Waals surface area contributed by atoms with Gasteiger partial charge in [0.25, 0.3) is 0 Å². The minimum atomic E-state index is 0.730. The van der Waals surface area contributed by atoms with Crippen molar-refractivity contribution < 1.29 is 0 Å². The van der Waals surface area contributed by atoms with Gasteiger partial charge in [-0.15, -0.1) is 0 Å². The molecule has 3 nitrogen and oxygen atoms in total. The van der Waals surface area contributed by atoms with Crippen LogP contribution in [0, 0.1) is 0 Å². The number of nitrogens with one attached hydrogen (secondary N) is 3. The van der Waals surface area contributed by atoms with Gasteiger partial charge in [0, 0.05) is 12.7 Å². The van der Waals surface area contributed by atoms with Crippen molar-refractivity contribution >= 4 is 0 Å². The van der Waals surface area contributed by atoms with Crippen molar-refractivity contribution in [1.29, 1.82) is 0 Å². The van der Waals surface area contributed by atoms with Gasteiger partial charge in [-0.1, -0.05) is 0 Å². The Balaban J connectivity index is 2.02. The van der Waals surface area contributed by atoms with E-state index in [1.165, 1.54) is 19.4 Å². The Morgan fingerprint density at radius 1 is 1.60 bits per heavy atom. The Kier molecular flexibility index (Phi) is 3.72. The molecule has 1 saturated heterocycles. The summed E-state index contributed by atoms with van der Waals surface area (Å²) >= 11 is 0. The molecule has 1 heterocycles. The van der Waals surface area contributed by atoms with E-state index < -0.39 is 0 Å². The molecule has 0 radical (unpaired) electrons. The Bertz CT molecular complexity index is 78.9. The fourth-order valence-electron chi connectivity index (χ4n) is 1.25. The van der Waals surface area contributed by atoms with Crippen molar-refractivity contribution in [1.82, 2.24) is 16.0 Å². The summed E-state index contributed by atoms with van der Waals surface area (Å²) in [5, 5.41) is 9.82. The van der Waals surface area contributed by atoms with Crippen LogP contribution in [0.5, 0.6) is 0 Å². The maximum absolute atomic E-state index is 3.40. The van der Waals surface area contributed by atoms with E-state index >= 15 is 0 Å². The molecule has 1 atom stereocenters. The first-order valence-electron chi connectivity index (χ1n) is 4.02. The number of hydrogen-bond acceptors (Lipinski definition) is 3. The van der Waals surface area contributed by atoms with Crippen LogP contribution in [0.15, 0.2) is 0 Å². The molecule has 60 valence electrons. The molecular formula is C7H17N3. The van der Waals surface area contributed by atoms with Gasteiger partial charge in [-0.05, 0) is 33.0 Å². The second-order valence-corrected chi connectivity index (χ2v) is 2.76. The molecule has 10 heavy (non-hydrogen) atoms. The molecule has 3 N–H and O–H groups in total. The third-order valence-corrected chi connectivity index (χ3v) is 1.93. The molecule has 0 spiro atoms. The van der Waals surface area contributed by atoms with Crippen molar-refractivity contribution in [2.75, 3.05) is 26.8 Å². The van der Waals surface area contributed by atoms with Crippen molar-refractivity contribution in [2.24, 2.45) is 0 Å². The van der Waals surface area contributed by atoms with E-state index in [0.717, 1.165) is 19.3 Å². The van der Waals surface area contributed by atoms with E-state index in [-0.39, 0.29) is 0 Å². The first-order chi connectivity index (χ1) is 4.93. The molecule has 0 bridgehead atoms. The molecular weight excluding hydrogens is 126 g/mol. The van der Waals surface area contributed by atoms with E-state index in [1.807, 2.05) is 7.05 Å². The molecule has 0 aliphatic carbocycles. The maximum atomic E-state index is 3.40. The van der Waals surface area contributed by atoms with Crippen LogP contribution in [0.4, 0.5) is 0 Å². The molecule has 1 fully saturated rings. The van der Waals surface area contributed by atoms with Gasteiger partial charge >= 0.3 is 0 Å². The van der Waals surface area contributed by atoms with E-state index in [0.29, 0.717) is 0 Å². The molecule has 3 heteroatoms. The summed E-state index contributed by atoms with van der Waals surface area (Å²) in [6, 6.07) is 0.730. The SMILES string of the molecule is CNCCC1CCNCN1. The molecule has 1 rings (SSSR count). The minimum Gasteiger partial charge on any atom is -0.320 e. The highest BCUT2D eigenvalue weighted by molar-refractivity contribution is 4.72. The quantitative estimate of drug-likeness (QED) is 0.499. The predicted molar refractivity (Wildman–Crippen MR) is 43.0 cm³/mol. The van der Waals surface area contributed by atoms with Gasteiger partial charge in [0.1, 0.15) is 0 Å². The summed E-state index contributed by atoms with van der Waals surface area (Å²) in [5.74, 6) is 0. The number of rotatable bonds is 3. The summed E-state index contributed by atoms with van der Waals surface area (Å²) in [5.41, 5.74) is 0. The third kappa shape index (κ3) is 2.64. The second-order valence-electron chi connectivity index (χ2n) is 2.76. The highest BCUT2D eigenvalue weighted by Gasteiger charge is 2.09. The summed E-state index contributed by atoms with van der Waals surface area (Å²) in [6.45, 7) is 3.27. The average molecular weight is 143 g/mol. The highest BCUT2D eigenvalue weighted by Crippen LogP contribution is 1.98. The lowest BCUT2D eigenvalue weighted by Crippen LogP contribution is -2.45. The van der Waals surface area contributed by atoms with Crippen LogP contribution in [0.1, 0.15) is 12.8 Å². The Morgan fingerprint density at radius 3 is 3.10 bits per heavy atom. The first-order valence-corrected chi connectivity index (χ1v) is 4.02. The lowest BCUT2D eigenvalue weighted by molar-refractivity contribution is 0.369. The molecule has 1 unspecified atom stereocenters. The largest absolute Gasteiger partial charge is 0.320 e. The van der Waals surface area contributed by atoms with Gasteiger partial charge in [0.05, 0.1) is 0 Å². The summed E-state index contributed by atoms with van der Waals surface area (Å²) < 4.78 is 0. The second kappa shape index (κ2) is 4.66. The van der Waals surface area contributed by atoms with Crippen molar-refractivity contribution in [3.63, 3.8) is 0 Å². The number of hydrogen-bond donors (Lipinski definition) is 3. The van der Waals surface area contributed by atoms with Crippen LogP contribution in [0.25, 0.3) is 0 Å². The fourth-order valence-corrected chi connectivity index (χ4v) is 1.25. The van der Waals surface area contributed by atoms with E-state index in [1.54, 1.807) is 0 Å². The van der Waals surface area contributed by atoms with Crippen molar-refractivity contribution in [3.05, 3.63) is 0 Å². The molecule has 0 aromatic rings. The van der Waals surface area contributed by atoms with E-state index in [2.05, 4.69) is 16.0 Å². The van der Waals surface area contributed by atoms with Crippen LogP contribution in [-0.4, -0.2) is 32.8 Å². The Morgan fingerprint density at radius 2 is 2.50 bits per heavy atom. The molecule has 0 amide bonds. The van der Waals surface area contributed by atoms with Crippen LogP contribution in [0.3, 0.4) is 0 Å². The topological polar surface area (TPSA) is 36.1 Å². The summed E-state index contributed by atoms with van der Waals surface area (Å²) in [4.78, 5) is 0. The zero-order chi connectivity index (χ0) is 7.23. The summed E-state index contributed by atoms with van der Waals surface area (Å²) in [6.07, 6.45) is 2.51. The van der Waals surface area contributed by atoms with E-state index in [4.69, 9.17) is 0 Å². The normalized spacial score (nSPS) is 26.7. The van der Waals surface area contributed by atoms with Gasteiger partial charge < -0.3 is 16.0 Å². The zero-order valence-electron chi connectivity index (χ0n) is 6.61. The monoisotopic (exact) mass is 143 g/mol. The third-order valence-electron chi connectivity index (χ3n) is 1.93. The van der Waals surface area contributed by atoms with Crippen LogP contribution >= 0.6 is 0 Å². The van der Waals surface area contributed by atoms with Crippen molar-refractivity contribution in [3.8, 4) is 0 Å². The van der Waals surface area contributed by atoms with E-state index in [9.17, 15) is 0 Å². The minimum absolute atomic E-state index is 0.730. The summed E-state index contributed by atoms with van der Waals surface area (Å²) in [7, 11) is 2.00. The standard InChI is InChI=1S/C7H17N3/c1-8-4-2-7-3-5-9-6-10-7/h7-10H,2-6H2,1H3. The molecule has 1 aliphatic rings. The van der Waals surface area contributed by atoms with Crippen LogP contribution in [0.2, 0.25) is 0 Å². The maximum Gasteiger partial charge on any atom is 0.0456 e. The lowest BCUT2D eigenvalue weighted by atomic mass is 10.1. The van der Waals surface area contributed by atoms with Crippen LogP contribution in [-0.2, 0) is 0 Å². The van der Waals surface area contributed by atoms with Crippen molar-refractivity contribution in [2.45, 2.75) is 18.9 Å². The van der Waals surface area contributed by atoms with Gasteiger partial charge in [0.2, 0.25) is 0 Å².